The second-order valence-electron chi connectivity index (χ2n) is 5.62. The molecule has 1 unspecified atom stereocenters. The van der Waals surface area contributed by atoms with Crippen LogP contribution in [0.15, 0.2) is 18.2 Å². The Morgan fingerprint density at radius 3 is 2.16 bits per heavy atom. The van der Waals surface area contributed by atoms with E-state index >= 15 is 0 Å². The maximum Gasteiger partial charge on any atom is 0.0325 e. The van der Waals surface area contributed by atoms with Crippen molar-refractivity contribution in [3.8, 4) is 0 Å². The highest BCUT2D eigenvalue weighted by Gasteiger charge is 2.14. The third-order valence-electron chi connectivity index (χ3n) is 3.94. The molecule has 0 radical (unpaired) electrons. The van der Waals surface area contributed by atoms with E-state index in [1.165, 1.54) is 55.2 Å². The molecule has 0 saturated heterocycles. The molecule has 1 rings (SSSR count). The van der Waals surface area contributed by atoms with Crippen LogP contribution in [0.3, 0.4) is 0 Å². The molecule has 0 aromatic heterocycles. The van der Waals surface area contributed by atoms with Gasteiger partial charge >= 0.3 is 0 Å². The van der Waals surface area contributed by atoms with Crippen LogP contribution in [-0.2, 0) is 0 Å². The first kappa shape index (κ1) is 16.2. The Bertz CT molecular complexity index is 336. The molecule has 1 N–H and O–H groups in total. The zero-order valence-electron chi connectivity index (χ0n) is 13.3. The standard InChI is InChI=1S/C18H31N/c1-5-7-8-9-10-14-17(19-6-2)18-15(3)12-11-13-16(18)4/h11-13,17,19H,5-10,14H2,1-4H3. The van der Waals surface area contributed by atoms with Crippen LogP contribution in [0.25, 0.3) is 0 Å². The molecule has 0 heterocycles. The summed E-state index contributed by atoms with van der Waals surface area (Å²) in [5, 5.41) is 3.67. The molecule has 19 heavy (non-hydrogen) atoms. The van der Waals surface area contributed by atoms with Crippen molar-refractivity contribution in [1.82, 2.24) is 5.32 Å². The maximum absolute atomic E-state index is 3.67. The smallest absolute Gasteiger partial charge is 0.0325 e. The van der Waals surface area contributed by atoms with Gasteiger partial charge in [0.2, 0.25) is 0 Å². The van der Waals surface area contributed by atoms with E-state index in [4.69, 9.17) is 0 Å². The minimum atomic E-state index is 0.535. The second-order valence-corrected chi connectivity index (χ2v) is 5.62. The third-order valence-corrected chi connectivity index (χ3v) is 3.94. The minimum absolute atomic E-state index is 0.535. The lowest BCUT2D eigenvalue weighted by Gasteiger charge is -2.22. The number of nitrogens with one attached hydrogen (secondary N) is 1. The van der Waals surface area contributed by atoms with Crippen LogP contribution in [0.1, 0.15) is 75.1 Å². The van der Waals surface area contributed by atoms with E-state index < -0.39 is 0 Å². The van der Waals surface area contributed by atoms with E-state index in [0.29, 0.717) is 6.04 Å². The fourth-order valence-electron chi connectivity index (χ4n) is 2.92. The van der Waals surface area contributed by atoms with Crippen LogP contribution >= 0.6 is 0 Å². The van der Waals surface area contributed by atoms with Crippen molar-refractivity contribution >= 4 is 0 Å². The summed E-state index contributed by atoms with van der Waals surface area (Å²) in [6.45, 7) is 10.0. The Balaban J connectivity index is 2.61. The van der Waals surface area contributed by atoms with E-state index in [-0.39, 0.29) is 0 Å². The van der Waals surface area contributed by atoms with Gasteiger partial charge in [0.25, 0.3) is 0 Å². The number of unbranched alkanes of at least 4 members (excludes halogenated alkanes) is 4. The van der Waals surface area contributed by atoms with Gasteiger partial charge in [-0.25, -0.2) is 0 Å². The van der Waals surface area contributed by atoms with Gasteiger partial charge in [0, 0.05) is 6.04 Å². The molecule has 1 heteroatoms. The molecule has 1 aromatic rings. The van der Waals surface area contributed by atoms with Crippen LogP contribution in [0.4, 0.5) is 0 Å². The fourth-order valence-corrected chi connectivity index (χ4v) is 2.92. The zero-order valence-corrected chi connectivity index (χ0v) is 13.3. The Labute approximate surface area is 119 Å². The second kappa shape index (κ2) is 9.14. The third kappa shape index (κ3) is 5.36. The summed E-state index contributed by atoms with van der Waals surface area (Å²) < 4.78 is 0. The Kier molecular flexibility index (Phi) is 7.81. The molecule has 0 aliphatic carbocycles. The van der Waals surface area contributed by atoms with Gasteiger partial charge in [0.05, 0.1) is 0 Å². The van der Waals surface area contributed by atoms with Gasteiger partial charge in [0.15, 0.2) is 0 Å². The minimum Gasteiger partial charge on any atom is -0.310 e. The molecule has 1 atom stereocenters. The molecule has 0 saturated carbocycles. The Morgan fingerprint density at radius 2 is 1.58 bits per heavy atom. The number of rotatable bonds is 9. The molecular weight excluding hydrogens is 230 g/mol. The highest BCUT2D eigenvalue weighted by atomic mass is 14.9. The van der Waals surface area contributed by atoms with E-state index in [0.717, 1.165) is 6.54 Å². The largest absolute Gasteiger partial charge is 0.310 e. The Hall–Kier alpha value is -0.820. The monoisotopic (exact) mass is 261 g/mol. The summed E-state index contributed by atoms with van der Waals surface area (Å²) in [4.78, 5) is 0. The summed E-state index contributed by atoms with van der Waals surface area (Å²) >= 11 is 0. The molecule has 0 fully saturated rings. The predicted molar refractivity (Wildman–Crippen MR) is 85.7 cm³/mol. The van der Waals surface area contributed by atoms with E-state index in [1.807, 2.05) is 0 Å². The van der Waals surface area contributed by atoms with Crippen molar-refractivity contribution in [3.63, 3.8) is 0 Å². The molecule has 0 bridgehead atoms. The van der Waals surface area contributed by atoms with Crippen LogP contribution < -0.4 is 5.32 Å². The number of benzene rings is 1. The SMILES string of the molecule is CCCCCCCC(NCC)c1c(C)cccc1C. The molecule has 108 valence electrons. The first-order valence-electron chi connectivity index (χ1n) is 8.00. The normalized spacial score (nSPS) is 12.6. The van der Waals surface area contributed by atoms with Gasteiger partial charge in [-0.05, 0) is 43.5 Å². The topological polar surface area (TPSA) is 12.0 Å². The van der Waals surface area contributed by atoms with Crippen molar-refractivity contribution < 1.29 is 0 Å². The quantitative estimate of drug-likeness (QED) is 0.594. The van der Waals surface area contributed by atoms with Crippen LogP contribution in [-0.4, -0.2) is 6.54 Å². The average Bonchev–Trinajstić information content (AvgIpc) is 2.38. The summed E-state index contributed by atoms with van der Waals surface area (Å²) in [5.41, 5.74) is 4.39. The van der Waals surface area contributed by atoms with Crippen LogP contribution in [0.5, 0.6) is 0 Å². The molecule has 1 aromatic carbocycles. The van der Waals surface area contributed by atoms with Crippen LogP contribution in [0.2, 0.25) is 0 Å². The van der Waals surface area contributed by atoms with Crippen molar-refractivity contribution in [2.45, 2.75) is 72.3 Å². The van der Waals surface area contributed by atoms with Gasteiger partial charge in [-0.2, -0.15) is 0 Å². The molecule has 0 aliphatic rings. The molecule has 0 amide bonds. The lowest BCUT2D eigenvalue weighted by Crippen LogP contribution is -2.22. The first-order valence-corrected chi connectivity index (χ1v) is 8.00. The lowest BCUT2D eigenvalue weighted by molar-refractivity contribution is 0.475. The maximum atomic E-state index is 3.67. The van der Waals surface area contributed by atoms with Gasteiger partial charge in [0.1, 0.15) is 0 Å². The highest BCUT2D eigenvalue weighted by molar-refractivity contribution is 5.36. The first-order chi connectivity index (χ1) is 9.20. The van der Waals surface area contributed by atoms with Crippen molar-refractivity contribution in [2.75, 3.05) is 6.54 Å². The summed E-state index contributed by atoms with van der Waals surface area (Å²) in [6.07, 6.45) is 8.08. The lowest BCUT2D eigenvalue weighted by atomic mass is 9.92. The summed E-state index contributed by atoms with van der Waals surface area (Å²) in [5.74, 6) is 0. The Morgan fingerprint density at radius 1 is 0.947 bits per heavy atom. The number of aryl methyl sites for hydroxylation is 2. The summed E-state index contributed by atoms with van der Waals surface area (Å²) in [7, 11) is 0. The van der Waals surface area contributed by atoms with Crippen molar-refractivity contribution in [3.05, 3.63) is 34.9 Å². The van der Waals surface area contributed by atoms with Crippen molar-refractivity contribution in [1.29, 1.82) is 0 Å². The van der Waals surface area contributed by atoms with Gasteiger partial charge in [-0.3, -0.25) is 0 Å². The average molecular weight is 261 g/mol. The summed E-state index contributed by atoms with van der Waals surface area (Å²) in [6, 6.07) is 7.18. The van der Waals surface area contributed by atoms with Crippen LogP contribution in [0, 0.1) is 13.8 Å². The molecule has 0 aliphatic heterocycles. The fraction of sp³-hybridized carbons (Fsp3) is 0.667. The van der Waals surface area contributed by atoms with E-state index in [1.54, 1.807) is 0 Å². The predicted octanol–water partition coefficient (Wildman–Crippen LogP) is 5.31. The molecular formula is C18H31N. The molecule has 1 nitrogen and oxygen atoms in total. The van der Waals surface area contributed by atoms with Gasteiger partial charge < -0.3 is 5.32 Å². The number of hydrogen-bond donors (Lipinski definition) is 1. The zero-order chi connectivity index (χ0) is 14.1. The van der Waals surface area contributed by atoms with Gasteiger partial charge in [-0.15, -0.1) is 0 Å². The van der Waals surface area contributed by atoms with Gasteiger partial charge in [-0.1, -0.05) is 64.2 Å². The van der Waals surface area contributed by atoms with Crippen molar-refractivity contribution in [2.24, 2.45) is 0 Å². The number of hydrogen-bond acceptors (Lipinski definition) is 1. The van der Waals surface area contributed by atoms with E-state index in [2.05, 4.69) is 51.2 Å². The highest BCUT2D eigenvalue weighted by Crippen LogP contribution is 2.26. The molecule has 0 spiro atoms. The van der Waals surface area contributed by atoms with E-state index in [9.17, 15) is 0 Å².